The topological polar surface area (TPSA) is 53.4 Å². The summed E-state index contributed by atoms with van der Waals surface area (Å²) >= 11 is 1.68. The van der Waals surface area contributed by atoms with E-state index >= 15 is 0 Å². The van der Waals surface area contributed by atoms with Gasteiger partial charge in [-0.2, -0.15) is 5.11 Å². The van der Waals surface area contributed by atoms with Crippen LogP contribution in [0, 0.1) is 0 Å². The maximum atomic E-state index is 4.32. The quantitative estimate of drug-likeness (QED) is 0.695. The molecule has 0 radical (unpaired) electrons. The number of fused-ring (bicyclic) bond motifs is 1. The Balaban J connectivity index is 1.78. The summed E-state index contributed by atoms with van der Waals surface area (Å²) in [7, 11) is 0. The average Bonchev–Trinajstić information content (AvgIpc) is 2.96. The van der Waals surface area contributed by atoms with Crippen molar-refractivity contribution in [2.75, 3.05) is 0 Å². The Morgan fingerprint density at radius 1 is 1.18 bits per heavy atom. The second-order valence-electron chi connectivity index (χ2n) is 3.56. The van der Waals surface area contributed by atoms with E-state index in [0.29, 0.717) is 12.5 Å². The molecule has 0 bridgehead atoms. The number of rotatable bonds is 3. The van der Waals surface area contributed by atoms with Crippen molar-refractivity contribution in [2.45, 2.75) is 6.54 Å². The summed E-state index contributed by atoms with van der Waals surface area (Å²) < 4.78 is 0. The van der Waals surface area contributed by atoms with Gasteiger partial charge in [-0.1, -0.05) is 18.2 Å². The van der Waals surface area contributed by atoms with Gasteiger partial charge in [0.25, 0.3) is 0 Å². The first-order chi connectivity index (χ1) is 8.42. The van der Waals surface area contributed by atoms with Crippen molar-refractivity contribution in [1.82, 2.24) is 9.97 Å². The molecule has 0 aliphatic rings. The number of para-hydroxylation sites is 2. The summed E-state index contributed by atoms with van der Waals surface area (Å²) in [5.41, 5.74) is 1.90. The minimum absolute atomic E-state index is 0.558. The zero-order valence-corrected chi connectivity index (χ0v) is 9.81. The first-order valence-corrected chi connectivity index (χ1v) is 6.14. The highest BCUT2D eigenvalue weighted by Crippen LogP contribution is 2.16. The maximum absolute atomic E-state index is 4.32. The molecule has 0 aliphatic heterocycles. The minimum Gasteiger partial charge on any atom is -0.321 e. The highest BCUT2D eigenvalue weighted by atomic mass is 32.1. The average molecular weight is 242 g/mol. The van der Waals surface area contributed by atoms with Gasteiger partial charge in [-0.3, -0.25) is 0 Å². The molecule has 3 rings (SSSR count). The molecule has 1 N–H and O–H groups in total. The fraction of sp³-hybridized carbons (Fsp3) is 0.0833. The van der Waals surface area contributed by atoms with E-state index in [1.807, 2.05) is 41.8 Å². The maximum Gasteiger partial charge on any atom is 0.247 e. The number of aromatic amines is 1. The lowest BCUT2D eigenvalue weighted by atomic mass is 10.3. The summed E-state index contributed by atoms with van der Waals surface area (Å²) in [6, 6.07) is 11.9. The third kappa shape index (κ3) is 2.24. The first-order valence-electron chi connectivity index (χ1n) is 5.26. The predicted octanol–water partition coefficient (Wildman–Crippen LogP) is 3.91. The Hall–Kier alpha value is -2.01. The molecule has 0 spiro atoms. The summed E-state index contributed by atoms with van der Waals surface area (Å²) in [4.78, 5) is 8.63. The van der Waals surface area contributed by atoms with Gasteiger partial charge in [0.15, 0.2) is 0 Å². The van der Waals surface area contributed by atoms with Crippen molar-refractivity contribution in [3.8, 4) is 0 Å². The van der Waals surface area contributed by atoms with Gasteiger partial charge in [0, 0.05) is 4.88 Å². The van der Waals surface area contributed by atoms with Gasteiger partial charge >= 0.3 is 0 Å². The van der Waals surface area contributed by atoms with Gasteiger partial charge in [-0.05, 0) is 23.6 Å². The van der Waals surface area contributed by atoms with E-state index in [0.717, 1.165) is 11.0 Å². The number of H-pyrrole nitrogens is 1. The van der Waals surface area contributed by atoms with E-state index in [2.05, 4.69) is 20.2 Å². The Labute approximate surface area is 102 Å². The Morgan fingerprint density at radius 2 is 2.12 bits per heavy atom. The molecule has 1 aromatic carbocycles. The van der Waals surface area contributed by atoms with Crippen LogP contribution in [0.15, 0.2) is 52.0 Å². The Bertz CT molecular complexity index is 606. The van der Waals surface area contributed by atoms with Crippen molar-refractivity contribution in [1.29, 1.82) is 0 Å². The molecule has 4 nitrogen and oxygen atoms in total. The number of imidazole rings is 1. The lowest BCUT2D eigenvalue weighted by Crippen LogP contribution is -1.71. The van der Waals surface area contributed by atoms with E-state index in [4.69, 9.17) is 0 Å². The number of nitrogens with zero attached hydrogens (tertiary/aromatic N) is 3. The zero-order valence-electron chi connectivity index (χ0n) is 9.00. The number of hydrogen-bond acceptors (Lipinski definition) is 4. The van der Waals surface area contributed by atoms with Gasteiger partial charge in [0.1, 0.15) is 0 Å². The second kappa shape index (κ2) is 4.47. The fourth-order valence-electron chi connectivity index (χ4n) is 1.56. The van der Waals surface area contributed by atoms with Crippen LogP contribution in [0.5, 0.6) is 0 Å². The lowest BCUT2D eigenvalue weighted by molar-refractivity contribution is 0.956. The number of benzene rings is 1. The highest BCUT2D eigenvalue weighted by Gasteiger charge is 1.99. The molecule has 5 heteroatoms. The van der Waals surface area contributed by atoms with E-state index in [-0.39, 0.29) is 0 Å². The molecular weight excluding hydrogens is 232 g/mol. The standard InChI is InChI=1S/C12H10N4S/c1-2-6-11-10(5-1)14-12(15-11)16-13-8-9-4-3-7-17-9/h1-7H,8H2,(H,14,15). The zero-order chi connectivity index (χ0) is 11.5. The molecule has 0 atom stereocenters. The molecule has 0 amide bonds. The van der Waals surface area contributed by atoms with Gasteiger partial charge in [0.2, 0.25) is 5.95 Å². The third-order valence-corrected chi connectivity index (χ3v) is 3.21. The Morgan fingerprint density at radius 3 is 2.94 bits per heavy atom. The molecule has 0 unspecified atom stereocenters. The van der Waals surface area contributed by atoms with Crippen LogP contribution in [0.1, 0.15) is 4.88 Å². The molecular formula is C12H10N4S. The van der Waals surface area contributed by atoms with Gasteiger partial charge < -0.3 is 4.98 Å². The van der Waals surface area contributed by atoms with Crippen LogP contribution in [0.3, 0.4) is 0 Å². The smallest absolute Gasteiger partial charge is 0.247 e. The molecule has 0 saturated carbocycles. The van der Waals surface area contributed by atoms with E-state index in [1.165, 1.54) is 4.88 Å². The minimum atomic E-state index is 0.558. The van der Waals surface area contributed by atoms with Crippen LogP contribution in [0.4, 0.5) is 5.95 Å². The molecule has 2 heterocycles. The van der Waals surface area contributed by atoms with Gasteiger partial charge in [-0.15, -0.1) is 16.5 Å². The Kier molecular flexibility index (Phi) is 2.67. The number of thiophene rings is 1. The number of azo groups is 1. The van der Waals surface area contributed by atoms with Crippen molar-refractivity contribution in [3.63, 3.8) is 0 Å². The summed E-state index contributed by atoms with van der Waals surface area (Å²) in [5.74, 6) is 0.558. The number of hydrogen-bond donors (Lipinski definition) is 1. The normalized spacial score (nSPS) is 11.5. The highest BCUT2D eigenvalue weighted by molar-refractivity contribution is 7.09. The third-order valence-electron chi connectivity index (χ3n) is 2.35. The molecule has 17 heavy (non-hydrogen) atoms. The van der Waals surface area contributed by atoms with Crippen molar-refractivity contribution in [2.24, 2.45) is 10.2 Å². The van der Waals surface area contributed by atoms with Crippen LogP contribution in [-0.2, 0) is 6.54 Å². The molecule has 0 saturated heterocycles. The van der Waals surface area contributed by atoms with E-state index in [1.54, 1.807) is 11.3 Å². The number of aromatic nitrogens is 2. The largest absolute Gasteiger partial charge is 0.321 e. The molecule has 84 valence electrons. The predicted molar refractivity (Wildman–Crippen MR) is 68.6 cm³/mol. The fourth-order valence-corrected chi connectivity index (χ4v) is 2.18. The lowest BCUT2D eigenvalue weighted by Gasteiger charge is -1.85. The summed E-state index contributed by atoms with van der Waals surface area (Å²) in [6.07, 6.45) is 0. The van der Waals surface area contributed by atoms with Crippen LogP contribution in [0.25, 0.3) is 11.0 Å². The molecule has 3 aromatic rings. The second-order valence-corrected chi connectivity index (χ2v) is 4.59. The number of nitrogens with one attached hydrogen (secondary N) is 1. The summed E-state index contributed by atoms with van der Waals surface area (Å²) in [5, 5.41) is 10.2. The van der Waals surface area contributed by atoms with Crippen LogP contribution >= 0.6 is 11.3 Å². The molecule has 0 fully saturated rings. The van der Waals surface area contributed by atoms with E-state index < -0.39 is 0 Å². The van der Waals surface area contributed by atoms with Crippen LogP contribution in [-0.4, -0.2) is 9.97 Å². The van der Waals surface area contributed by atoms with Gasteiger partial charge in [-0.25, -0.2) is 4.98 Å². The molecule has 2 aromatic heterocycles. The SMILES string of the molecule is c1csc(CN=Nc2nc3ccccc3[nH]2)c1. The van der Waals surface area contributed by atoms with Crippen molar-refractivity contribution >= 4 is 28.3 Å². The van der Waals surface area contributed by atoms with Crippen molar-refractivity contribution < 1.29 is 0 Å². The first kappa shape index (κ1) is 10.2. The van der Waals surface area contributed by atoms with Crippen LogP contribution in [0.2, 0.25) is 0 Å². The van der Waals surface area contributed by atoms with E-state index in [9.17, 15) is 0 Å². The monoisotopic (exact) mass is 242 g/mol. The van der Waals surface area contributed by atoms with Crippen LogP contribution < -0.4 is 0 Å². The van der Waals surface area contributed by atoms with Gasteiger partial charge in [0.05, 0.1) is 17.6 Å². The molecule has 0 aliphatic carbocycles. The van der Waals surface area contributed by atoms with Crippen molar-refractivity contribution in [3.05, 3.63) is 46.7 Å². The summed E-state index contributed by atoms with van der Waals surface area (Å²) in [6.45, 7) is 0.606.